The van der Waals surface area contributed by atoms with E-state index in [9.17, 15) is 13.2 Å². The summed E-state index contributed by atoms with van der Waals surface area (Å²) in [5.74, 6) is 0.227. The fraction of sp³-hybridized carbons (Fsp3) is 0.250. The molecule has 0 atom stereocenters. The first kappa shape index (κ1) is 14.4. The van der Waals surface area contributed by atoms with Gasteiger partial charge in [0.05, 0.1) is 5.56 Å². The van der Waals surface area contributed by atoms with Crippen molar-refractivity contribution >= 4 is 0 Å². The molecule has 0 saturated carbocycles. The van der Waals surface area contributed by atoms with Crippen molar-refractivity contribution < 1.29 is 17.9 Å². The Hall–Kier alpha value is -1.97. The number of halogens is 3. The maximum atomic E-state index is 12.8. The van der Waals surface area contributed by atoms with E-state index in [1.54, 1.807) is 12.1 Å². The highest BCUT2D eigenvalue weighted by molar-refractivity contribution is 5.40. The first-order valence-electron chi connectivity index (χ1n) is 6.43. The lowest BCUT2D eigenvalue weighted by molar-refractivity contribution is -0.138. The molecule has 0 aliphatic carbocycles. The monoisotopic (exact) mass is 280 g/mol. The summed E-state index contributed by atoms with van der Waals surface area (Å²) in [6, 6.07) is 12.3. The Morgan fingerprint density at radius 3 is 2.20 bits per heavy atom. The molecule has 0 aliphatic rings. The number of aryl methyl sites for hydroxylation is 1. The van der Waals surface area contributed by atoms with E-state index in [1.807, 2.05) is 12.1 Å². The average molecular weight is 280 g/mol. The number of alkyl halides is 3. The smallest absolute Gasteiger partial charge is 0.419 e. The lowest BCUT2D eigenvalue weighted by Crippen LogP contribution is -2.06. The molecular weight excluding hydrogens is 265 g/mol. The molecule has 0 bridgehead atoms. The predicted molar refractivity (Wildman–Crippen MR) is 72.0 cm³/mol. The molecule has 0 heterocycles. The molecule has 20 heavy (non-hydrogen) atoms. The number of ether oxygens (including phenoxy) is 1. The van der Waals surface area contributed by atoms with Crippen molar-refractivity contribution in [3.8, 4) is 11.5 Å². The first-order valence-corrected chi connectivity index (χ1v) is 6.43. The second-order valence-electron chi connectivity index (χ2n) is 4.49. The van der Waals surface area contributed by atoms with Crippen LogP contribution < -0.4 is 4.74 Å². The fourth-order valence-electron chi connectivity index (χ4n) is 1.93. The molecule has 0 saturated heterocycles. The Kier molecular flexibility index (Phi) is 4.32. The highest BCUT2D eigenvalue weighted by atomic mass is 19.4. The van der Waals surface area contributed by atoms with E-state index in [1.165, 1.54) is 18.2 Å². The van der Waals surface area contributed by atoms with Gasteiger partial charge in [0, 0.05) is 0 Å². The van der Waals surface area contributed by atoms with Crippen LogP contribution in [0.5, 0.6) is 11.5 Å². The summed E-state index contributed by atoms with van der Waals surface area (Å²) in [7, 11) is 0. The third kappa shape index (κ3) is 3.53. The van der Waals surface area contributed by atoms with Gasteiger partial charge >= 0.3 is 6.18 Å². The van der Waals surface area contributed by atoms with E-state index < -0.39 is 11.7 Å². The third-order valence-corrected chi connectivity index (χ3v) is 2.88. The number of rotatable bonds is 4. The molecular formula is C16H15F3O. The Bertz CT molecular complexity index is 559. The molecule has 0 unspecified atom stereocenters. The van der Waals surface area contributed by atoms with Gasteiger partial charge in [0.2, 0.25) is 0 Å². The van der Waals surface area contributed by atoms with Gasteiger partial charge in [0.25, 0.3) is 0 Å². The summed E-state index contributed by atoms with van der Waals surface area (Å²) in [4.78, 5) is 0. The van der Waals surface area contributed by atoms with Crippen LogP contribution in [0, 0.1) is 0 Å². The fourth-order valence-corrected chi connectivity index (χ4v) is 1.93. The molecule has 1 nitrogen and oxygen atoms in total. The minimum Gasteiger partial charge on any atom is -0.457 e. The van der Waals surface area contributed by atoms with Crippen molar-refractivity contribution in [3.05, 3.63) is 59.7 Å². The highest BCUT2D eigenvalue weighted by Gasteiger charge is 2.34. The predicted octanol–water partition coefficient (Wildman–Crippen LogP) is 5.45. The van der Waals surface area contributed by atoms with Crippen LogP contribution in [0.1, 0.15) is 24.5 Å². The second-order valence-corrected chi connectivity index (χ2v) is 4.49. The normalized spacial score (nSPS) is 11.4. The zero-order valence-corrected chi connectivity index (χ0v) is 11.1. The number of hydrogen-bond donors (Lipinski definition) is 0. The molecule has 4 heteroatoms. The minimum atomic E-state index is -4.42. The summed E-state index contributed by atoms with van der Waals surface area (Å²) in [5.41, 5.74) is 0.376. The van der Waals surface area contributed by atoms with Gasteiger partial charge in [-0.2, -0.15) is 13.2 Å². The molecule has 0 amide bonds. The van der Waals surface area contributed by atoms with Crippen LogP contribution >= 0.6 is 0 Å². The van der Waals surface area contributed by atoms with Crippen LogP contribution in [-0.2, 0) is 12.6 Å². The molecule has 0 spiro atoms. The van der Waals surface area contributed by atoms with Crippen LogP contribution in [0.15, 0.2) is 48.5 Å². The summed E-state index contributed by atoms with van der Waals surface area (Å²) in [5, 5.41) is 0. The van der Waals surface area contributed by atoms with Gasteiger partial charge in [0.15, 0.2) is 0 Å². The van der Waals surface area contributed by atoms with Gasteiger partial charge in [-0.25, -0.2) is 0 Å². The summed E-state index contributed by atoms with van der Waals surface area (Å²) < 4.78 is 43.9. The van der Waals surface area contributed by atoms with Gasteiger partial charge in [-0.3, -0.25) is 0 Å². The Balaban J connectivity index is 2.22. The molecule has 0 radical (unpaired) electrons. The standard InChI is InChI=1S/C16H15F3O/c1-2-5-12-8-10-13(11-9-12)20-15-7-4-3-6-14(15)16(17,18)19/h3-4,6-11H,2,5H2,1H3. The van der Waals surface area contributed by atoms with Gasteiger partial charge in [-0.05, 0) is 36.2 Å². The van der Waals surface area contributed by atoms with Crippen LogP contribution in [0.4, 0.5) is 13.2 Å². The molecule has 2 aromatic carbocycles. The van der Waals surface area contributed by atoms with Crippen LogP contribution in [0.25, 0.3) is 0 Å². The van der Waals surface area contributed by atoms with Crippen LogP contribution in [0.2, 0.25) is 0 Å². The molecule has 106 valence electrons. The van der Waals surface area contributed by atoms with E-state index in [0.717, 1.165) is 24.5 Å². The molecule has 0 aromatic heterocycles. The maximum Gasteiger partial charge on any atom is 0.419 e. The molecule has 2 rings (SSSR count). The van der Waals surface area contributed by atoms with Crippen molar-refractivity contribution in [1.82, 2.24) is 0 Å². The maximum absolute atomic E-state index is 12.8. The average Bonchev–Trinajstić information content (AvgIpc) is 2.41. The first-order chi connectivity index (χ1) is 9.50. The number of benzene rings is 2. The molecule has 0 aliphatic heterocycles. The number of para-hydroxylation sites is 1. The molecule has 2 aromatic rings. The molecule has 0 fully saturated rings. The highest BCUT2D eigenvalue weighted by Crippen LogP contribution is 2.37. The minimum absolute atomic E-state index is 0.178. The lowest BCUT2D eigenvalue weighted by atomic mass is 10.1. The van der Waals surface area contributed by atoms with E-state index >= 15 is 0 Å². The van der Waals surface area contributed by atoms with E-state index in [-0.39, 0.29) is 5.75 Å². The largest absolute Gasteiger partial charge is 0.457 e. The topological polar surface area (TPSA) is 9.23 Å². The van der Waals surface area contributed by atoms with E-state index in [4.69, 9.17) is 4.74 Å². The lowest BCUT2D eigenvalue weighted by Gasteiger charge is -2.13. The van der Waals surface area contributed by atoms with Crippen molar-refractivity contribution in [2.24, 2.45) is 0 Å². The third-order valence-electron chi connectivity index (χ3n) is 2.88. The van der Waals surface area contributed by atoms with E-state index in [2.05, 4.69) is 6.92 Å². The summed E-state index contributed by atoms with van der Waals surface area (Å²) >= 11 is 0. The Morgan fingerprint density at radius 2 is 1.60 bits per heavy atom. The molecule has 0 N–H and O–H groups in total. The quantitative estimate of drug-likeness (QED) is 0.723. The van der Waals surface area contributed by atoms with Gasteiger partial charge in [-0.1, -0.05) is 37.6 Å². The van der Waals surface area contributed by atoms with Crippen molar-refractivity contribution in [2.75, 3.05) is 0 Å². The second kappa shape index (κ2) is 5.99. The van der Waals surface area contributed by atoms with Gasteiger partial charge in [-0.15, -0.1) is 0 Å². The summed E-state index contributed by atoms with van der Waals surface area (Å²) in [6.45, 7) is 2.07. The number of hydrogen-bond acceptors (Lipinski definition) is 1. The van der Waals surface area contributed by atoms with Gasteiger partial charge in [0.1, 0.15) is 11.5 Å². The van der Waals surface area contributed by atoms with Crippen LogP contribution in [-0.4, -0.2) is 0 Å². The Morgan fingerprint density at radius 1 is 0.950 bits per heavy atom. The van der Waals surface area contributed by atoms with Gasteiger partial charge < -0.3 is 4.74 Å². The van der Waals surface area contributed by atoms with Crippen molar-refractivity contribution in [1.29, 1.82) is 0 Å². The van der Waals surface area contributed by atoms with Crippen molar-refractivity contribution in [2.45, 2.75) is 25.9 Å². The zero-order valence-electron chi connectivity index (χ0n) is 11.1. The van der Waals surface area contributed by atoms with E-state index in [0.29, 0.717) is 5.75 Å². The zero-order chi connectivity index (χ0) is 14.6. The van der Waals surface area contributed by atoms with Crippen LogP contribution in [0.3, 0.4) is 0 Å². The SMILES string of the molecule is CCCc1ccc(Oc2ccccc2C(F)(F)F)cc1. The van der Waals surface area contributed by atoms with Crippen molar-refractivity contribution in [3.63, 3.8) is 0 Å². The Labute approximate surface area is 116 Å². The summed E-state index contributed by atoms with van der Waals surface area (Å²) in [6.07, 6.45) is -2.45.